The zero-order chi connectivity index (χ0) is 19.6. The highest BCUT2D eigenvalue weighted by molar-refractivity contribution is 6.31. The van der Waals surface area contributed by atoms with E-state index in [9.17, 15) is 14.4 Å². The molecular weight excluding hydrogens is 366 g/mol. The van der Waals surface area contributed by atoms with Crippen LogP contribution in [0.4, 0.5) is 11.4 Å². The van der Waals surface area contributed by atoms with Crippen molar-refractivity contribution < 1.29 is 14.4 Å². The molecule has 0 radical (unpaired) electrons. The third-order valence-electron chi connectivity index (χ3n) is 4.42. The van der Waals surface area contributed by atoms with E-state index in [0.717, 1.165) is 0 Å². The number of rotatable bonds is 4. The van der Waals surface area contributed by atoms with Crippen molar-refractivity contribution in [3.8, 4) is 0 Å². The molecular formula is C20H20ClN3O3. The van der Waals surface area contributed by atoms with E-state index >= 15 is 0 Å². The summed E-state index contributed by atoms with van der Waals surface area (Å²) in [6, 6.07) is 13.7. The Labute approximate surface area is 162 Å². The fraction of sp³-hybridized carbons (Fsp3) is 0.250. The second-order valence-corrected chi connectivity index (χ2v) is 7.09. The molecule has 7 heteroatoms. The molecule has 0 saturated carbocycles. The van der Waals surface area contributed by atoms with Crippen LogP contribution in [0, 0.1) is 5.92 Å². The summed E-state index contributed by atoms with van der Waals surface area (Å²) in [6.07, 6.45) is 0.148. The van der Waals surface area contributed by atoms with Gasteiger partial charge in [0.2, 0.25) is 11.8 Å². The molecule has 3 rings (SSSR count). The van der Waals surface area contributed by atoms with Gasteiger partial charge in [0, 0.05) is 49.0 Å². The lowest BCUT2D eigenvalue weighted by atomic mass is 10.1. The SMILES string of the molecule is CN(C)C(=O)c1ccc(NC(=O)C2CC(=O)N(c3cccc(Cl)c3)C2)cc1. The van der Waals surface area contributed by atoms with E-state index in [0.29, 0.717) is 28.5 Å². The van der Waals surface area contributed by atoms with Crippen molar-refractivity contribution in [3.05, 3.63) is 59.1 Å². The molecule has 0 bridgehead atoms. The van der Waals surface area contributed by atoms with Gasteiger partial charge in [-0.05, 0) is 42.5 Å². The molecule has 1 aliphatic rings. The van der Waals surface area contributed by atoms with E-state index in [4.69, 9.17) is 11.6 Å². The van der Waals surface area contributed by atoms with E-state index in [2.05, 4.69) is 5.32 Å². The van der Waals surface area contributed by atoms with E-state index in [1.165, 1.54) is 4.90 Å². The van der Waals surface area contributed by atoms with Crippen molar-refractivity contribution in [1.82, 2.24) is 4.90 Å². The molecule has 2 aromatic rings. The smallest absolute Gasteiger partial charge is 0.253 e. The lowest BCUT2D eigenvalue weighted by molar-refractivity contribution is -0.122. The summed E-state index contributed by atoms with van der Waals surface area (Å²) in [4.78, 5) is 39.8. The van der Waals surface area contributed by atoms with Gasteiger partial charge in [-0.2, -0.15) is 0 Å². The first-order valence-electron chi connectivity index (χ1n) is 8.53. The standard InChI is InChI=1S/C20H20ClN3O3/c1-23(2)20(27)13-6-8-16(9-7-13)22-19(26)14-10-18(25)24(12-14)17-5-3-4-15(21)11-17/h3-9,11,14H,10,12H2,1-2H3,(H,22,26). The fourth-order valence-electron chi connectivity index (χ4n) is 2.98. The van der Waals surface area contributed by atoms with Crippen molar-refractivity contribution in [3.63, 3.8) is 0 Å². The molecule has 0 aromatic heterocycles. The van der Waals surface area contributed by atoms with Gasteiger partial charge in [0.05, 0.1) is 5.92 Å². The van der Waals surface area contributed by atoms with Crippen LogP contribution in [-0.2, 0) is 9.59 Å². The molecule has 0 aliphatic carbocycles. The first-order chi connectivity index (χ1) is 12.8. The number of anilines is 2. The van der Waals surface area contributed by atoms with Crippen LogP contribution in [0.25, 0.3) is 0 Å². The summed E-state index contributed by atoms with van der Waals surface area (Å²) in [6.45, 7) is 0.308. The molecule has 27 heavy (non-hydrogen) atoms. The van der Waals surface area contributed by atoms with Gasteiger partial charge in [0.15, 0.2) is 0 Å². The zero-order valence-corrected chi connectivity index (χ0v) is 15.9. The summed E-state index contributed by atoms with van der Waals surface area (Å²) >= 11 is 5.99. The van der Waals surface area contributed by atoms with Crippen molar-refractivity contribution in [2.45, 2.75) is 6.42 Å². The monoisotopic (exact) mass is 385 g/mol. The Morgan fingerprint density at radius 1 is 1.15 bits per heavy atom. The quantitative estimate of drug-likeness (QED) is 0.879. The van der Waals surface area contributed by atoms with E-state index in [-0.39, 0.29) is 24.1 Å². The molecule has 1 atom stereocenters. The van der Waals surface area contributed by atoms with Crippen LogP contribution in [-0.4, -0.2) is 43.3 Å². The first kappa shape index (κ1) is 18.9. The molecule has 2 aromatic carbocycles. The average Bonchev–Trinajstić information content (AvgIpc) is 3.03. The van der Waals surface area contributed by atoms with Gasteiger partial charge in [-0.3, -0.25) is 14.4 Å². The van der Waals surface area contributed by atoms with Gasteiger partial charge >= 0.3 is 0 Å². The predicted molar refractivity (Wildman–Crippen MR) is 105 cm³/mol. The van der Waals surface area contributed by atoms with Crippen molar-refractivity contribution in [2.24, 2.45) is 5.92 Å². The number of nitrogens with one attached hydrogen (secondary N) is 1. The summed E-state index contributed by atoms with van der Waals surface area (Å²) < 4.78 is 0. The first-order valence-corrected chi connectivity index (χ1v) is 8.91. The molecule has 1 fully saturated rings. The second-order valence-electron chi connectivity index (χ2n) is 6.65. The number of halogens is 1. The summed E-state index contributed by atoms with van der Waals surface area (Å²) in [5.41, 5.74) is 1.82. The van der Waals surface area contributed by atoms with Crippen LogP contribution in [0.2, 0.25) is 5.02 Å². The zero-order valence-electron chi connectivity index (χ0n) is 15.1. The predicted octanol–water partition coefficient (Wildman–Crippen LogP) is 3.03. The Morgan fingerprint density at radius 3 is 2.48 bits per heavy atom. The lowest BCUT2D eigenvalue weighted by Gasteiger charge is -2.17. The molecule has 1 heterocycles. The van der Waals surface area contributed by atoms with E-state index in [1.807, 2.05) is 0 Å². The molecule has 0 spiro atoms. The fourth-order valence-corrected chi connectivity index (χ4v) is 3.16. The Morgan fingerprint density at radius 2 is 1.85 bits per heavy atom. The maximum absolute atomic E-state index is 12.5. The molecule has 140 valence electrons. The van der Waals surface area contributed by atoms with Crippen molar-refractivity contribution in [2.75, 3.05) is 30.9 Å². The van der Waals surface area contributed by atoms with Gasteiger partial charge in [-0.15, -0.1) is 0 Å². The number of hydrogen-bond donors (Lipinski definition) is 1. The number of nitrogens with zero attached hydrogens (tertiary/aromatic N) is 2. The maximum atomic E-state index is 12.5. The number of hydrogen-bond acceptors (Lipinski definition) is 3. The largest absolute Gasteiger partial charge is 0.345 e. The highest BCUT2D eigenvalue weighted by Gasteiger charge is 2.35. The molecule has 1 saturated heterocycles. The third-order valence-corrected chi connectivity index (χ3v) is 4.66. The van der Waals surface area contributed by atoms with Gasteiger partial charge in [0.25, 0.3) is 5.91 Å². The number of carbonyl (C=O) groups is 3. The second kappa shape index (κ2) is 7.80. The summed E-state index contributed by atoms with van der Waals surface area (Å²) in [5.74, 6) is -0.880. The Hall–Kier alpha value is -2.86. The van der Waals surface area contributed by atoms with Crippen LogP contribution in [0.5, 0.6) is 0 Å². The Balaban J connectivity index is 1.65. The van der Waals surface area contributed by atoms with Crippen molar-refractivity contribution in [1.29, 1.82) is 0 Å². The number of benzene rings is 2. The summed E-state index contributed by atoms with van der Waals surface area (Å²) in [7, 11) is 3.36. The minimum atomic E-state index is -0.445. The lowest BCUT2D eigenvalue weighted by Crippen LogP contribution is -2.28. The minimum Gasteiger partial charge on any atom is -0.345 e. The summed E-state index contributed by atoms with van der Waals surface area (Å²) in [5, 5.41) is 3.36. The van der Waals surface area contributed by atoms with Gasteiger partial charge in [-0.25, -0.2) is 0 Å². The van der Waals surface area contributed by atoms with Crippen LogP contribution in [0.3, 0.4) is 0 Å². The number of carbonyl (C=O) groups excluding carboxylic acids is 3. The topological polar surface area (TPSA) is 69.7 Å². The highest BCUT2D eigenvalue weighted by atomic mass is 35.5. The normalized spacial score (nSPS) is 16.3. The van der Waals surface area contributed by atoms with Crippen LogP contribution in [0.15, 0.2) is 48.5 Å². The highest BCUT2D eigenvalue weighted by Crippen LogP contribution is 2.28. The molecule has 6 nitrogen and oxygen atoms in total. The van der Waals surface area contributed by atoms with Gasteiger partial charge in [0.1, 0.15) is 0 Å². The van der Waals surface area contributed by atoms with Crippen LogP contribution >= 0.6 is 11.6 Å². The van der Waals surface area contributed by atoms with Crippen LogP contribution < -0.4 is 10.2 Å². The van der Waals surface area contributed by atoms with E-state index in [1.54, 1.807) is 67.5 Å². The average molecular weight is 386 g/mol. The number of amides is 3. The minimum absolute atomic E-state index is 0.105. The third kappa shape index (κ3) is 4.28. The van der Waals surface area contributed by atoms with Crippen LogP contribution in [0.1, 0.15) is 16.8 Å². The molecule has 1 unspecified atom stereocenters. The molecule has 3 amide bonds. The van der Waals surface area contributed by atoms with Crippen molar-refractivity contribution >= 4 is 40.7 Å². The van der Waals surface area contributed by atoms with E-state index < -0.39 is 5.92 Å². The molecule has 1 aliphatic heterocycles. The Kier molecular flexibility index (Phi) is 5.46. The van der Waals surface area contributed by atoms with Gasteiger partial charge < -0.3 is 15.1 Å². The molecule has 1 N–H and O–H groups in total. The maximum Gasteiger partial charge on any atom is 0.253 e. The Bertz CT molecular complexity index is 880. The van der Waals surface area contributed by atoms with Gasteiger partial charge in [-0.1, -0.05) is 17.7 Å².